The number of hydrogen-bond acceptors (Lipinski definition) is 4. The normalized spacial score (nSPS) is 10.0. The third-order valence-electron chi connectivity index (χ3n) is 1.96. The average Bonchev–Trinajstić information content (AvgIpc) is 2.59. The van der Waals surface area contributed by atoms with Gasteiger partial charge in [-0.15, -0.1) is 0 Å². The Morgan fingerprint density at radius 2 is 2.36 bits per heavy atom. The lowest BCUT2D eigenvalue weighted by Gasteiger charge is -2.03. The van der Waals surface area contributed by atoms with Gasteiger partial charge < -0.3 is 10.5 Å². The van der Waals surface area contributed by atoms with Gasteiger partial charge in [0, 0.05) is 12.1 Å². The summed E-state index contributed by atoms with van der Waals surface area (Å²) in [5, 5.41) is 8.89. The van der Waals surface area contributed by atoms with Crippen molar-refractivity contribution in [3.8, 4) is 11.8 Å². The fourth-order valence-corrected chi connectivity index (χ4v) is 1.31. The lowest BCUT2D eigenvalue weighted by Crippen LogP contribution is -1.98. The lowest BCUT2D eigenvalue weighted by molar-refractivity contribution is 0.414. The number of imidazole rings is 1. The molecule has 0 amide bonds. The molecule has 0 aliphatic carbocycles. The number of fused-ring (bicyclic) bond motifs is 1. The van der Waals surface area contributed by atoms with Gasteiger partial charge >= 0.3 is 0 Å². The molecule has 2 aromatic rings. The predicted molar refractivity (Wildman–Crippen MR) is 50.9 cm³/mol. The van der Waals surface area contributed by atoms with Crippen molar-refractivity contribution in [3.63, 3.8) is 0 Å². The van der Waals surface area contributed by atoms with Crippen LogP contribution in [0.4, 0.5) is 5.82 Å². The fraction of sp³-hybridized carbons (Fsp3) is 0.111. The smallest absolute Gasteiger partial charge is 0.143 e. The zero-order valence-electron chi connectivity index (χ0n) is 7.56. The van der Waals surface area contributed by atoms with Crippen LogP contribution < -0.4 is 10.5 Å². The second kappa shape index (κ2) is 2.92. The van der Waals surface area contributed by atoms with Gasteiger partial charge in [-0.3, -0.25) is 4.40 Å². The van der Waals surface area contributed by atoms with E-state index in [0.29, 0.717) is 22.9 Å². The Morgan fingerprint density at radius 3 is 3.00 bits per heavy atom. The van der Waals surface area contributed by atoms with Crippen LogP contribution in [0.25, 0.3) is 5.65 Å². The van der Waals surface area contributed by atoms with Gasteiger partial charge in [0.1, 0.15) is 29.0 Å². The van der Waals surface area contributed by atoms with Crippen LogP contribution in [0, 0.1) is 11.3 Å². The zero-order chi connectivity index (χ0) is 10.1. The minimum atomic E-state index is 0.411. The predicted octanol–water partition coefficient (Wildman–Crippen LogP) is 0.797. The first-order valence-corrected chi connectivity index (χ1v) is 3.97. The molecule has 5 nitrogen and oxygen atoms in total. The molecule has 0 spiro atoms. The van der Waals surface area contributed by atoms with E-state index in [1.165, 1.54) is 6.20 Å². The molecule has 5 heteroatoms. The summed E-state index contributed by atoms with van der Waals surface area (Å²) in [6, 6.07) is 5.37. The van der Waals surface area contributed by atoms with Crippen LogP contribution in [0.3, 0.4) is 0 Å². The summed E-state index contributed by atoms with van der Waals surface area (Å²) in [6.45, 7) is 0. The first-order chi connectivity index (χ1) is 6.76. The molecule has 0 unspecified atom stereocenters. The number of aromatic nitrogens is 2. The number of nitrogens with zero attached hydrogens (tertiary/aromatic N) is 3. The van der Waals surface area contributed by atoms with Crippen molar-refractivity contribution in [1.29, 1.82) is 5.26 Å². The monoisotopic (exact) mass is 188 g/mol. The van der Waals surface area contributed by atoms with Crippen molar-refractivity contribution in [3.05, 3.63) is 24.0 Å². The molecule has 0 saturated heterocycles. The number of nitriles is 1. The van der Waals surface area contributed by atoms with Crippen LogP contribution in [-0.4, -0.2) is 16.5 Å². The molecule has 0 aromatic carbocycles. The molecular weight excluding hydrogens is 180 g/mol. The maximum atomic E-state index is 8.89. The van der Waals surface area contributed by atoms with Crippen molar-refractivity contribution < 1.29 is 4.74 Å². The number of hydrogen-bond donors (Lipinski definition) is 1. The molecule has 0 aliphatic heterocycles. The first-order valence-electron chi connectivity index (χ1n) is 3.97. The quantitative estimate of drug-likeness (QED) is 0.718. The lowest BCUT2D eigenvalue weighted by atomic mass is 10.3. The van der Waals surface area contributed by atoms with Crippen molar-refractivity contribution in [2.75, 3.05) is 12.8 Å². The first kappa shape index (κ1) is 8.38. The number of pyridine rings is 1. The third-order valence-corrected chi connectivity index (χ3v) is 1.96. The van der Waals surface area contributed by atoms with E-state index >= 15 is 0 Å². The van der Waals surface area contributed by atoms with Gasteiger partial charge in [0.15, 0.2) is 0 Å². The molecular formula is C9H8N4O. The summed E-state index contributed by atoms with van der Waals surface area (Å²) in [6.07, 6.45) is 1.51. The van der Waals surface area contributed by atoms with Gasteiger partial charge in [0.05, 0.1) is 13.3 Å². The Kier molecular flexibility index (Phi) is 1.75. The molecule has 2 rings (SSSR count). The summed E-state index contributed by atoms with van der Waals surface area (Å²) in [5.41, 5.74) is 6.67. The third kappa shape index (κ3) is 1.05. The molecule has 0 bridgehead atoms. The molecule has 70 valence electrons. The molecule has 2 N–H and O–H groups in total. The van der Waals surface area contributed by atoms with E-state index in [1.807, 2.05) is 6.07 Å². The van der Waals surface area contributed by atoms with E-state index in [9.17, 15) is 0 Å². The van der Waals surface area contributed by atoms with Gasteiger partial charge in [0.25, 0.3) is 0 Å². The minimum absolute atomic E-state index is 0.411. The van der Waals surface area contributed by atoms with Gasteiger partial charge in [-0.2, -0.15) is 5.26 Å². The van der Waals surface area contributed by atoms with Crippen molar-refractivity contribution in [2.24, 2.45) is 0 Å². The summed E-state index contributed by atoms with van der Waals surface area (Å²) < 4.78 is 6.60. The number of rotatable bonds is 1. The van der Waals surface area contributed by atoms with E-state index in [1.54, 1.807) is 23.6 Å². The van der Waals surface area contributed by atoms with Crippen molar-refractivity contribution in [2.45, 2.75) is 0 Å². The summed E-state index contributed by atoms with van der Waals surface area (Å²) in [5.74, 6) is 1.04. The maximum Gasteiger partial charge on any atom is 0.143 e. The van der Waals surface area contributed by atoms with Crippen molar-refractivity contribution in [1.82, 2.24) is 9.38 Å². The molecule has 0 atom stereocenters. The highest BCUT2D eigenvalue weighted by Gasteiger charge is 2.07. The second-order valence-corrected chi connectivity index (χ2v) is 2.77. The van der Waals surface area contributed by atoms with Crippen LogP contribution in [0.15, 0.2) is 18.3 Å². The number of nitrogen functional groups attached to an aromatic ring is 1. The van der Waals surface area contributed by atoms with Crippen LogP contribution in [0.2, 0.25) is 0 Å². The van der Waals surface area contributed by atoms with Crippen LogP contribution in [-0.2, 0) is 0 Å². The highest BCUT2D eigenvalue weighted by atomic mass is 16.5. The Hall–Kier alpha value is -2.22. The Morgan fingerprint density at radius 1 is 1.57 bits per heavy atom. The molecule has 0 radical (unpaired) electrons. The van der Waals surface area contributed by atoms with E-state index in [0.717, 1.165) is 0 Å². The molecule has 14 heavy (non-hydrogen) atoms. The topological polar surface area (TPSA) is 76.3 Å². The molecule has 2 heterocycles. The summed E-state index contributed by atoms with van der Waals surface area (Å²) in [7, 11) is 1.54. The number of anilines is 1. The van der Waals surface area contributed by atoms with Gasteiger partial charge in [0.2, 0.25) is 0 Å². The highest BCUT2D eigenvalue weighted by Crippen LogP contribution is 2.19. The zero-order valence-corrected chi connectivity index (χ0v) is 7.56. The van der Waals surface area contributed by atoms with Crippen molar-refractivity contribution >= 4 is 11.5 Å². The Bertz CT molecular complexity index is 523. The number of ether oxygens (including phenoxy) is 1. The van der Waals surface area contributed by atoms with E-state index in [-0.39, 0.29) is 0 Å². The molecule has 0 aliphatic rings. The maximum absolute atomic E-state index is 8.89. The second-order valence-electron chi connectivity index (χ2n) is 2.77. The largest absolute Gasteiger partial charge is 0.497 e. The SMILES string of the molecule is COc1cc(C#N)n2c(N)cnc2c1. The van der Waals surface area contributed by atoms with Gasteiger partial charge in [-0.25, -0.2) is 4.98 Å². The average molecular weight is 188 g/mol. The van der Waals surface area contributed by atoms with Crippen LogP contribution in [0.1, 0.15) is 5.69 Å². The van der Waals surface area contributed by atoms with Gasteiger partial charge in [-0.1, -0.05) is 0 Å². The van der Waals surface area contributed by atoms with E-state index in [2.05, 4.69) is 4.98 Å². The minimum Gasteiger partial charge on any atom is -0.497 e. The highest BCUT2D eigenvalue weighted by molar-refractivity contribution is 5.55. The fourth-order valence-electron chi connectivity index (χ4n) is 1.31. The Labute approximate surface area is 80.3 Å². The number of methoxy groups -OCH3 is 1. The van der Waals surface area contributed by atoms with Crippen LogP contribution >= 0.6 is 0 Å². The molecule has 0 saturated carbocycles. The summed E-state index contributed by atoms with van der Waals surface area (Å²) in [4.78, 5) is 4.04. The van der Waals surface area contributed by atoms with E-state index in [4.69, 9.17) is 15.7 Å². The number of nitrogens with two attached hydrogens (primary N) is 1. The standard InChI is InChI=1S/C9H8N4O/c1-14-7-2-6(4-10)13-8(11)5-12-9(13)3-7/h2-3,5H,11H2,1H3. The molecule has 2 aromatic heterocycles. The van der Waals surface area contributed by atoms with Crippen LogP contribution in [0.5, 0.6) is 5.75 Å². The summed E-state index contributed by atoms with van der Waals surface area (Å²) >= 11 is 0. The van der Waals surface area contributed by atoms with Gasteiger partial charge in [-0.05, 0) is 0 Å². The molecule has 0 fully saturated rings. The van der Waals surface area contributed by atoms with E-state index < -0.39 is 0 Å². The Balaban J connectivity index is 2.84.